The van der Waals surface area contributed by atoms with Crippen molar-refractivity contribution in [2.75, 3.05) is 7.11 Å². The molecule has 0 bridgehead atoms. The molecule has 0 unspecified atom stereocenters. The van der Waals surface area contributed by atoms with E-state index in [4.69, 9.17) is 4.74 Å². The first kappa shape index (κ1) is 14.7. The van der Waals surface area contributed by atoms with Crippen LogP contribution in [0.5, 0.6) is 0 Å². The monoisotopic (exact) mass is 323 g/mol. The van der Waals surface area contributed by atoms with Crippen LogP contribution in [0.1, 0.15) is 28.9 Å². The molecule has 0 spiro atoms. The van der Waals surface area contributed by atoms with E-state index in [0.29, 0.717) is 16.6 Å². The van der Waals surface area contributed by atoms with Gasteiger partial charge in [0.1, 0.15) is 0 Å². The van der Waals surface area contributed by atoms with Crippen LogP contribution in [0.3, 0.4) is 0 Å². The zero-order chi connectivity index (χ0) is 16.7. The Morgan fingerprint density at radius 3 is 2.96 bits per heavy atom. The average Bonchev–Trinajstić information content (AvgIpc) is 3.01. The fourth-order valence-electron chi connectivity index (χ4n) is 3.33. The number of rotatable bonds is 2. The SMILES string of the molecule is COC(=O)c1cccc(-n2ncc3c4n(cc3c2=O)CCCC4)c1. The minimum Gasteiger partial charge on any atom is -0.465 e. The van der Waals surface area contributed by atoms with Gasteiger partial charge in [0.15, 0.2) is 0 Å². The maximum atomic E-state index is 12.9. The molecule has 6 nitrogen and oxygen atoms in total. The van der Waals surface area contributed by atoms with Gasteiger partial charge in [0.2, 0.25) is 0 Å². The molecule has 4 rings (SSSR count). The second-order valence-electron chi connectivity index (χ2n) is 5.96. The van der Waals surface area contributed by atoms with Crippen LogP contribution in [0.15, 0.2) is 41.5 Å². The number of hydrogen-bond acceptors (Lipinski definition) is 4. The van der Waals surface area contributed by atoms with Crippen molar-refractivity contribution < 1.29 is 9.53 Å². The molecular weight excluding hydrogens is 306 g/mol. The second-order valence-corrected chi connectivity index (χ2v) is 5.96. The molecule has 3 heterocycles. The van der Waals surface area contributed by atoms with Gasteiger partial charge in [-0.3, -0.25) is 4.79 Å². The number of benzene rings is 1. The zero-order valence-corrected chi connectivity index (χ0v) is 13.4. The van der Waals surface area contributed by atoms with E-state index in [1.54, 1.807) is 30.5 Å². The fraction of sp³-hybridized carbons (Fsp3) is 0.278. The number of esters is 1. The first-order valence-electron chi connectivity index (χ1n) is 7.98. The van der Waals surface area contributed by atoms with Gasteiger partial charge in [-0.15, -0.1) is 0 Å². The van der Waals surface area contributed by atoms with Crippen LogP contribution >= 0.6 is 0 Å². The second kappa shape index (κ2) is 5.63. The Kier molecular flexibility index (Phi) is 3.45. The van der Waals surface area contributed by atoms with E-state index >= 15 is 0 Å². The number of fused-ring (bicyclic) bond motifs is 3. The van der Waals surface area contributed by atoms with E-state index < -0.39 is 5.97 Å². The molecule has 24 heavy (non-hydrogen) atoms. The lowest BCUT2D eigenvalue weighted by molar-refractivity contribution is 0.0600. The zero-order valence-electron chi connectivity index (χ0n) is 13.4. The number of methoxy groups -OCH3 is 1. The van der Waals surface area contributed by atoms with Crippen molar-refractivity contribution in [3.05, 3.63) is 58.3 Å². The van der Waals surface area contributed by atoms with Gasteiger partial charge in [0.05, 0.1) is 29.9 Å². The van der Waals surface area contributed by atoms with Gasteiger partial charge >= 0.3 is 5.97 Å². The molecule has 122 valence electrons. The summed E-state index contributed by atoms with van der Waals surface area (Å²) in [5.74, 6) is -0.440. The molecule has 6 heteroatoms. The molecular formula is C18H17N3O3. The van der Waals surface area contributed by atoms with Gasteiger partial charge in [-0.25, -0.2) is 4.79 Å². The molecule has 0 aliphatic carbocycles. The minimum atomic E-state index is -0.440. The van der Waals surface area contributed by atoms with Gasteiger partial charge < -0.3 is 9.30 Å². The molecule has 0 saturated carbocycles. The summed E-state index contributed by atoms with van der Waals surface area (Å²) >= 11 is 0. The van der Waals surface area contributed by atoms with Crippen LogP contribution in [-0.2, 0) is 17.7 Å². The van der Waals surface area contributed by atoms with Gasteiger partial charge in [-0.05, 0) is 37.5 Å². The average molecular weight is 323 g/mol. The van der Waals surface area contributed by atoms with E-state index in [1.807, 2.05) is 6.20 Å². The topological polar surface area (TPSA) is 66.1 Å². The molecule has 1 aromatic carbocycles. The Balaban J connectivity index is 1.88. The molecule has 1 aliphatic rings. The molecule has 0 saturated heterocycles. The van der Waals surface area contributed by atoms with E-state index in [1.165, 1.54) is 17.5 Å². The molecule has 0 atom stereocenters. The summed E-state index contributed by atoms with van der Waals surface area (Å²) in [4.78, 5) is 24.6. The van der Waals surface area contributed by atoms with Gasteiger partial charge in [-0.2, -0.15) is 9.78 Å². The lowest BCUT2D eigenvalue weighted by Crippen LogP contribution is -2.20. The van der Waals surface area contributed by atoms with Crippen molar-refractivity contribution in [1.82, 2.24) is 14.3 Å². The van der Waals surface area contributed by atoms with Crippen LogP contribution in [0.2, 0.25) is 0 Å². The van der Waals surface area contributed by atoms with Crippen molar-refractivity contribution >= 4 is 16.7 Å². The fourth-order valence-corrected chi connectivity index (χ4v) is 3.33. The summed E-state index contributed by atoms with van der Waals surface area (Å²) in [6, 6.07) is 6.73. The quantitative estimate of drug-likeness (QED) is 0.679. The molecule has 0 radical (unpaired) electrons. The lowest BCUT2D eigenvalue weighted by Gasteiger charge is -2.14. The van der Waals surface area contributed by atoms with Crippen LogP contribution < -0.4 is 5.56 Å². The summed E-state index contributed by atoms with van der Waals surface area (Å²) < 4.78 is 8.23. The number of hydrogen-bond donors (Lipinski definition) is 0. The van der Waals surface area contributed by atoms with Crippen molar-refractivity contribution in [3.8, 4) is 5.69 Å². The van der Waals surface area contributed by atoms with Gasteiger partial charge in [0.25, 0.3) is 5.56 Å². The number of ether oxygens (including phenoxy) is 1. The molecule has 3 aromatic rings. The Hall–Kier alpha value is -2.89. The Morgan fingerprint density at radius 1 is 1.25 bits per heavy atom. The summed E-state index contributed by atoms with van der Waals surface area (Å²) in [6.45, 7) is 0.946. The first-order valence-corrected chi connectivity index (χ1v) is 7.98. The summed E-state index contributed by atoms with van der Waals surface area (Å²) in [7, 11) is 1.33. The number of carbonyl (C=O) groups excluding carboxylic acids is 1. The molecule has 0 amide bonds. The molecule has 0 fully saturated rings. The number of nitrogens with zero attached hydrogens (tertiary/aromatic N) is 3. The molecule has 0 N–H and O–H groups in total. The molecule has 2 aromatic heterocycles. The standard InChI is InChI=1S/C18H17N3O3/c1-24-18(23)12-5-4-6-13(9-12)21-17(22)15-11-20-8-3-2-7-16(20)14(15)10-19-21/h4-6,9-11H,2-3,7-8H2,1H3. The highest BCUT2D eigenvalue weighted by Gasteiger charge is 2.17. The largest absolute Gasteiger partial charge is 0.465 e. The highest BCUT2D eigenvalue weighted by Crippen LogP contribution is 2.24. The third-order valence-electron chi connectivity index (χ3n) is 4.53. The Bertz CT molecular complexity index is 1000. The maximum absolute atomic E-state index is 12.9. The summed E-state index contributed by atoms with van der Waals surface area (Å²) in [5, 5.41) is 5.92. The van der Waals surface area contributed by atoms with E-state index in [2.05, 4.69) is 9.67 Å². The first-order chi connectivity index (χ1) is 11.7. The summed E-state index contributed by atoms with van der Waals surface area (Å²) in [6.07, 6.45) is 6.93. The molecule has 1 aliphatic heterocycles. The van der Waals surface area contributed by atoms with Gasteiger partial charge in [-0.1, -0.05) is 6.07 Å². The Morgan fingerprint density at radius 2 is 2.12 bits per heavy atom. The van der Waals surface area contributed by atoms with Crippen LogP contribution in [0.4, 0.5) is 0 Å². The van der Waals surface area contributed by atoms with E-state index in [0.717, 1.165) is 31.2 Å². The van der Waals surface area contributed by atoms with E-state index in [-0.39, 0.29) is 5.56 Å². The van der Waals surface area contributed by atoms with Crippen molar-refractivity contribution in [3.63, 3.8) is 0 Å². The Labute approximate surface area is 138 Å². The van der Waals surface area contributed by atoms with Crippen LogP contribution in [-0.4, -0.2) is 27.4 Å². The van der Waals surface area contributed by atoms with Crippen molar-refractivity contribution in [2.45, 2.75) is 25.8 Å². The number of aryl methyl sites for hydroxylation is 2. The third kappa shape index (κ3) is 2.22. The number of carbonyl (C=O) groups is 1. The smallest absolute Gasteiger partial charge is 0.337 e. The van der Waals surface area contributed by atoms with E-state index in [9.17, 15) is 9.59 Å². The van der Waals surface area contributed by atoms with Crippen molar-refractivity contribution in [1.29, 1.82) is 0 Å². The predicted molar refractivity (Wildman–Crippen MR) is 89.6 cm³/mol. The lowest BCUT2D eigenvalue weighted by atomic mass is 10.1. The highest BCUT2D eigenvalue weighted by atomic mass is 16.5. The van der Waals surface area contributed by atoms with Crippen LogP contribution in [0, 0.1) is 0 Å². The summed E-state index contributed by atoms with van der Waals surface area (Å²) in [5.41, 5.74) is 1.96. The minimum absolute atomic E-state index is 0.170. The van der Waals surface area contributed by atoms with Gasteiger partial charge in [0, 0.05) is 23.8 Å². The number of aromatic nitrogens is 3. The highest BCUT2D eigenvalue weighted by molar-refractivity contribution is 5.90. The third-order valence-corrected chi connectivity index (χ3v) is 4.53. The normalized spacial score (nSPS) is 13.7. The van der Waals surface area contributed by atoms with Crippen LogP contribution in [0.25, 0.3) is 16.5 Å². The van der Waals surface area contributed by atoms with Crippen molar-refractivity contribution in [2.24, 2.45) is 0 Å². The maximum Gasteiger partial charge on any atom is 0.337 e. The predicted octanol–water partition coefficient (Wildman–Crippen LogP) is 2.31.